The second-order valence-corrected chi connectivity index (χ2v) is 12.1. The van der Waals surface area contributed by atoms with E-state index in [0.717, 1.165) is 12.8 Å². The molecule has 44 heavy (non-hydrogen) atoms. The minimum atomic E-state index is 1.10. The Morgan fingerprint density at radius 2 is 1.09 bits per heavy atom. The van der Waals surface area contributed by atoms with Crippen LogP contribution in [0.15, 0.2) is 140 Å². The molecule has 0 atom stereocenters. The summed E-state index contributed by atoms with van der Waals surface area (Å²) in [7, 11) is 0. The van der Waals surface area contributed by atoms with Crippen molar-refractivity contribution in [3.05, 3.63) is 156 Å². The van der Waals surface area contributed by atoms with Crippen LogP contribution in [0, 0.1) is 6.92 Å². The Morgan fingerprint density at radius 3 is 1.80 bits per heavy atom. The number of hydrogen-bond donors (Lipinski definition) is 0. The minimum absolute atomic E-state index is 1.10. The van der Waals surface area contributed by atoms with Gasteiger partial charge in [0.1, 0.15) is 0 Å². The number of hydrogen-bond acceptors (Lipinski definition) is 0. The smallest absolute Gasteiger partial charge is 0.0537 e. The SMILES string of the molecule is Cc1ccc2cc(-c3c4ccccc4c(-c4ccc(-n5c6c(c7ccccc75)CCC=C6)cc4)c4ccccc34)ccc2c1. The summed E-state index contributed by atoms with van der Waals surface area (Å²) < 4.78 is 2.44. The number of aryl methyl sites for hydroxylation is 2. The van der Waals surface area contributed by atoms with Crippen molar-refractivity contribution in [2.45, 2.75) is 19.8 Å². The highest BCUT2D eigenvalue weighted by Crippen LogP contribution is 2.44. The molecule has 0 N–H and O–H groups in total. The van der Waals surface area contributed by atoms with Crippen molar-refractivity contribution in [3.8, 4) is 27.9 Å². The molecule has 0 unspecified atom stereocenters. The average Bonchev–Trinajstić information content (AvgIpc) is 3.41. The maximum Gasteiger partial charge on any atom is 0.0537 e. The van der Waals surface area contributed by atoms with Crippen molar-refractivity contribution in [2.75, 3.05) is 0 Å². The first-order valence-corrected chi connectivity index (χ1v) is 15.6. The normalized spacial score (nSPS) is 12.8. The predicted molar refractivity (Wildman–Crippen MR) is 189 cm³/mol. The van der Waals surface area contributed by atoms with E-state index in [1.807, 2.05) is 0 Å². The van der Waals surface area contributed by atoms with Gasteiger partial charge in [-0.25, -0.2) is 0 Å². The quantitative estimate of drug-likeness (QED) is 0.189. The number of benzene rings is 7. The van der Waals surface area contributed by atoms with Gasteiger partial charge in [-0.3, -0.25) is 0 Å². The fourth-order valence-corrected chi connectivity index (χ4v) is 7.51. The lowest BCUT2D eigenvalue weighted by Crippen LogP contribution is -2.00. The Kier molecular flexibility index (Phi) is 5.61. The lowest BCUT2D eigenvalue weighted by Gasteiger charge is -2.18. The van der Waals surface area contributed by atoms with Crippen molar-refractivity contribution in [3.63, 3.8) is 0 Å². The lowest BCUT2D eigenvalue weighted by molar-refractivity contribution is 0.967. The third kappa shape index (κ3) is 3.79. The molecule has 0 bridgehead atoms. The largest absolute Gasteiger partial charge is 0.310 e. The van der Waals surface area contributed by atoms with Crippen molar-refractivity contribution < 1.29 is 0 Å². The number of rotatable bonds is 3. The van der Waals surface area contributed by atoms with Crippen LogP contribution in [0.2, 0.25) is 0 Å². The molecule has 1 aromatic heterocycles. The molecular formula is C43H31N. The lowest BCUT2D eigenvalue weighted by atomic mass is 9.85. The van der Waals surface area contributed by atoms with Gasteiger partial charge >= 0.3 is 0 Å². The maximum atomic E-state index is 2.44. The highest BCUT2D eigenvalue weighted by atomic mass is 15.0. The topological polar surface area (TPSA) is 4.93 Å². The van der Waals surface area contributed by atoms with Gasteiger partial charge in [0.15, 0.2) is 0 Å². The van der Waals surface area contributed by atoms with Gasteiger partial charge in [-0.1, -0.05) is 121 Å². The van der Waals surface area contributed by atoms with Crippen LogP contribution in [0.1, 0.15) is 23.2 Å². The second kappa shape index (κ2) is 9.82. The monoisotopic (exact) mass is 561 g/mol. The number of para-hydroxylation sites is 1. The predicted octanol–water partition coefficient (Wildman–Crippen LogP) is 11.7. The van der Waals surface area contributed by atoms with E-state index in [1.54, 1.807) is 0 Å². The van der Waals surface area contributed by atoms with E-state index in [2.05, 4.69) is 157 Å². The number of allylic oxidation sites excluding steroid dienone is 1. The molecule has 0 spiro atoms. The first-order valence-electron chi connectivity index (χ1n) is 15.6. The van der Waals surface area contributed by atoms with Crippen LogP contribution in [0.5, 0.6) is 0 Å². The van der Waals surface area contributed by atoms with Gasteiger partial charge in [-0.2, -0.15) is 0 Å². The fraction of sp³-hybridized carbons (Fsp3) is 0.0698. The number of nitrogens with zero attached hydrogens (tertiary/aromatic N) is 1. The minimum Gasteiger partial charge on any atom is -0.310 e. The Morgan fingerprint density at radius 1 is 0.523 bits per heavy atom. The molecule has 1 heteroatoms. The van der Waals surface area contributed by atoms with Crippen LogP contribution in [-0.2, 0) is 6.42 Å². The highest BCUT2D eigenvalue weighted by Gasteiger charge is 2.20. The van der Waals surface area contributed by atoms with E-state index in [4.69, 9.17) is 0 Å². The highest BCUT2D eigenvalue weighted by molar-refractivity contribution is 6.21. The Balaban J connectivity index is 1.26. The summed E-state index contributed by atoms with van der Waals surface area (Å²) in [6.07, 6.45) is 6.82. The molecule has 1 nitrogen and oxygen atoms in total. The molecule has 8 aromatic rings. The maximum absolute atomic E-state index is 2.44. The summed E-state index contributed by atoms with van der Waals surface area (Å²) >= 11 is 0. The van der Waals surface area contributed by atoms with Crippen LogP contribution in [0.25, 0.3) is 77.2 Å². The van der Waals surface area contributed by atoms with Crippen LogP contribution in [-0.4, -0.2) is 4.57 Å². The second-order valence-electron chi connectivity index (χ2n) is 12.1. The van der Waals surface area contributed by atoms with E-state index < -0.39 is 0 Å². The third-order valence-electron chi connectivity index (χ3n) is 9.49. The van der Waals surface area contributed by atoms with Gasteiger partial charge in [-0.05, 0) is 110 Å². The first-order chi connectivity index (χ1) is 21.7. The Bertz CT molecular complexity index is 2380. The summed E-state index contributed by atoms with van der Waals surface area (Å²) in [5.41, 5.74) is 11.6. The van der Waals surface area contributed by atoms with E-state index in [1.165, 1.54) is 88.0 Å². The number of fused-ring (bicyclic) bond motifs is 6. The zero-order valence-corrected chi connectivity index (χ0v) is 24.7. The van der Waals surface area contributed by atoms with Gasteiger partial charge < -0.3 is 4.57 Å². The zero-order valence-electron chi connectivity index (χ0n) is 24.7. The Labute approximate surface area is 257 Å². The van der Waals surface area contributed by atoms with E-state index in [9.17, 15) is 0 Å². The van der Waals surface area contributed by atoms with Crippen molar-refractivity contribution in [1.29, 1.82) is 0 Å². The van der Waals surface area contributed by atoms with Gasteiger partial charge in [0.2, 0.25) is 0 Å². The van der Waals surface area contributed by atoms with Gasteiger partial charge in [0, 0.05) is 16.8 Å². The fourth-order valence-electron chi connectivity index (χ4n) is 7.51. The molecule has 7 aromatic carbocycles. The molecule has 0 aliphatic heterocycles. The molecule has 208 valence electrons. The number of aromatic nitrogens is 1. The molecule has 0 fully saturated rings. The average molecular weight is 562 g/mol. The van der Waals surface area contributed by atoms with Gasteiger partial charge in [0.25, 0.3) is 0 Å². The Hall–Kier alpha value is -5.40. The van der Waals surface area contributed by atoms with E-state index >= 15 is 0 Å². The molecule has 1 heterocycles. The molecule has 0 saturated carbocycles. The van der Waals surface area contributed by atoms with Gasteiger partial charge in [0.05, 0.1) is 5.52 Å². The van der Waals surface area contributed by atoms with Crippen molar-refractivity contribution in [2.24, 2.45) is 0 Å². The summed E-state index contributed by atoms with van der Waals surface area (Å²) in [6.45, 7) is 2.16. The molecular weight excluding hydrogens is 530 g/mol. The zero-order chi connectivity index (χ0) is 29.2. The van der Waals surface area contributed by atoms with E-state index in [-0.39, 0.29) is 0 Å². The van der Waals surface area contributed by atoms with Crippen molar-refractivity contribution in [1.82, 2.24) is 4.57 Å². The van der Waals surface area contributed by atoms with E-state index in [0.29, 0.717) is 0 Å². The first kappa shape index (κ1) is 25.1. The molecule has 9 rings (SSSR count). The molecule has 0 saturated heterocycles. The summed E-state index contributed by atoms with van der Waals surface area (Å²) in [4.78, 5) is 0. The third-order valence-corrected chi connectivity index (χ3v) is 9.49. The summed E-state index contributed by atoms with van der Waals surface area (Å²) in [5, 5.41) is 9.06. The molecule has 0 radical (unpaired) electrons. The summed E-state index contributed by atoms with van der Waals surface area (Å²) in [6, 6.07) is 49.6. The summed E-state index contributed by atoms with van der Waals surface area (Å²) in [5.74, 6) is 0. The van der Waals surface area contributed by atoms with Crippen LogP contribution < -0.4 is 0 Å². The van der Waals surface area contributed by atoms with Crippen molar-refractivity contribution >= 4 is 49.3 Å². The van der Waals surface area contributed by atoms with Crippen LogP contribution in [0.3, 0.4) is 0 Å². The molecule has 1 aliphatic carbocycles. The molecule has 0 amide bonds. The van der Waals surface area contributed by atoms with Crippen LogP contribution >= 0.6 is 0 Å². The standard InChI is InChI=1S/C43H31N/c1-28-18-19-31-27-32(21-20-30(31)26-28)43-38-14-4-2-12-36(38)42(37-13-3-5-15-39(37)43)29-22-24-33(25-23-29)44-40-16-8-6-10-34(40)35-11-7-9-17-41(35)44/h2-6,8-10,12-27H,7,11H2,1H3. The molecule has 1 aliphatic rings. The van der Waals surface area contributed by atoms with Crippen LogP contribution in [0.4, 0.5) is 0 Å². The van der Waals surface area contributed by atoms with Gasteiger partial charge in [-0.15, -0.1) is 0 Å².